The van der Waals surface area contributed by atoms with Crippen molar-refractivity contribution in [3.05, 3.63) is 26.6 Å². The van der Waals surface area contributed by atoms with E-state index < -0.39 is 0 Å². The number of carbonyl (C=O) groups is 1. The van der Waals surface area contributed by atoms with Crippen LogP contribution >= 0.6 is 31.9 Å². The molecule has 0 heterocycles. The Morgan fingerprint density at radius 3 is 2.71 bits per heavy atom. The number of halogens is 2. The van der Waals surface area contributed by atoms with Crippen LogP contribution in [-0.2, 0) is 4.79 Å². The summed E-state index contributed by atoms with van der Waals surface area (Å²) in [6.45, 7) is 1.86. The van der Waals surface area contributed by atoms with E-state index in [9.17, 15) is 9.90 Å². The van der Waals surface area contributed by atoms with E-state index in [0.29, 0.717) is 16.5 Å². The number of phenols is 1. The highest BCUT2D eigenvalue weighted by atomic mass is 79.9. The molecule has 4 nitrogen and oxygen atoms in total. The van der Waals surface area contributed by atoms with Crippen molar-refractivity contribution in [3.8, 4) is 5.75 Å². The first-order valence-electron chi connectivity index (χ1n) is 5.16. The number of aromatic hydroxyl groups is 1. The van der Waals surface area contributed by atoms with Crippen LogP contribution in [-0.4, -0.2) is 17.6 Å². The van der Waals surface area contributed by atoms with Gasteiger partial charge in [0.2, 0.25) is 5.91 Å². The Morgan fingerprint density at radius 1 is 1.53 bits per heavy atom. The van der Waals surface area contributed by atoms with Crippen LogP contribution in [0.25, 0.3) is 0 Å². The molecule has 6 heteroatoms. The quantitative estimate of drug-likeness (QED) is 0.767. The first kappa shape index (κ1) is 14.5. The fourth-order valence-corrected chi connectivity index (χ4v) is 2.76. The highest BCUT2D eigenvalue weighted by molar-refractivity contribution is 9.11. The molecule has 4 N–H and O–H groups in total. The summed E-state index contributed by atoms with van der Waals surface area (Å²) in [6, 6.07) is 3.28. The number of benzene rings is 1. The van der Waals surface area contributed by atoms with Crippen LogP contribution in [0.1, 0.15) is 24.9 Å². The third-order valence-corrected chi connectivity index (χ3v) is 3.42. The Balaban J connectivity index is 3.07. The minimum absolute atomic E-state index is 0.0631. The molecule has 0 aliphatic rings. The summed E-state index contributed by atoms with van der Waals surface area (Å²) in [4.78, 5) is 11.3. The molecule has 17 heavy (non-hydrogen) atoms. The van der Waals surface area contributed by atoms with Gasteiger partial charge in [-0.15, -0.1) is 0 Å². The van der Waals surface area contributed by atoms with Crippen LogP contribution < -0.4 is 11.1 Å². The molecular weight excluding hydrogens is 352 g/mol. The van der Waals surface area contributed by atoms with Crippen LogP contribution in [0.15, 0.2) is 21.1 Å². The predicted molar refractivity (Wildman–Crippen MR) is 73.7 cm³/mol. The maximum Gasteiger partial charge on any atom is 0.234 e. The number of nitrogens with two attached hydrogens (primary N) is 1. The number of hydrogen-bond donors (Lipinski definition) is 3. The summed E-state index contributed by atoms with van der Waals surface area (Å²) in [5.41, 5.74) is 5.92. The molecule has 0 saturated carbocycles. The molecule has 0 aliphatic carbocycles. The van der Waals surface area contributed by atoms with Gasteiger partial charge in [-0.2, -0.15) is 0 Å². The van der Waals surface area contributed by atoms with Gasteiger partial charge in [0.15, 0.2) is 0 Å². The zero-order valence-corrected chi connectivity index (χ0v) is 12.5. The van der Waals surface area contributed by atoms with E-state index in [2.05, 4.69) is 37.2 Å². The lowest BCUT2D eigenvalue weighted by atomic mass is 10.0. The Hall–Kier alpha value is -0.590. The zero-order valence-electron chi connectivity index (χ0n) is 9.34. The van der Waals surface area contributed by atoms with Crippen molar-refractivity contribution in [2.75, 3.05) is 6.54 Å². The first-order chi connectivity index (χ1) is 7.99. The lowest BCUT2D eigenvalue weighted by Gasteiger charge is -2.19. The number of carbonyl (C=O) groups excluding carboxylic acids is 1. The Bertz CT molecular complexity index is 424. The molecule has 1 aromatic rings. The van der Waals surface area contributed by atoms with E-state index in [1.165, 1.54) is 0 Å². The Morgan fingerprint density at radius 2 is 2.18 bits per heavy atom. The van der Waals surface area contributed by atoms with Crippen molar-refractivity contribution >= 4 is 37.8 Å². The van der Waals surface area contributed by atoms with Crippen LogP contribution in [0.5, 0.6) is 5.75 Å². The van der Waals surface area contributed by atoms with Gasteiger partial charge in [-0.3, -0.25) is 4.79 Å². The molecule has 1 amide bonds. The van der Waals surface area contributed by atoms with Crippen LogP contribution in [0.4, 0.5) is 0 Å². The van der Waals surface area contributed by atoms with Crippen molar-refractivity contribution in [3.63, 3.8) is 0 Å². The summed E-state index contributed by atoms with van der Waals surface area (Å²) >= 11 is 6.61. The highest BCUT2D eigenvalue weighted by Gasteiger charge is 2.18. The highest BCUT2D eigenvalue weighted by Crippen LogP contribution is 2.36. The normalized spacial score (nSPS) is 12.2. The van der Waals surface area contributed by atoms with Gasteiger partial charge in [-0.1, -0.05) is 22.9 Å². The maximum absolute atomic E-state index is 11.3. The van der Waals surface area contributed by atoms with E-state index in [4.69, 9.17) is 5.73 Å². The minimum atomic E-state index is -0.250. The molecule has 0 aromatic heterocycles. The molecule has 0 saturated heterocycles. The molecule has 0 bridgehead atoms. The standard InChI is InChI=1S/C11H14Br2N2O2/c1-2-9(15-10(16)5-14)7-3-6(12)4-8(13)11(7)17/h3-4,9,17H,2,5,14H2,1H3,(H,15,16)/t9-/m0/s1. The molecular formula is C11H14Br2N2O2. The van der Waals surface area contributed by atoms with E-state index in [1.807, 2.05) is 6.92 Å². The molecule has 1 aromatic carbocycles. The third kappa shape index (κ3) is 3.69. The molecule has 1 atom stereocenters. The second kappa shape index (κ2) is 6.37. The molecule has 1 rings (SSSR count). The molecule has 0 radical (unpaired) electrons. The van der Waals surface area contributed by atoms with Crippen molar-refractivity contribution in [1.82, 2.24) is 5.32 Å². The van der Waals surface area contributed by atoms with Gasteiger partial charge in [0.25, 0.3) is 0 Å². The molecule has 94 valence electrons. The van der Waals surface area contributed by atoms with E-state index in [0.717, 1.165) is 4.47 Å². The van der Waals surface area contributed by atoms with Gasteiger partial charge in [0.05, 0.1) is 17.1 Å². The zero-order chi connectivity index (χ0) is 13.0. The average Bonchev–Trinajstić information content (AvgIpc) is 2.30. The molecule has 0 aliphatic heterocycles. The summed E-state index contributed by atoms with van der Waals surface area (Å²) in [5.74, 6) is -0.107. The second-order valence-corrected chi connectivity index (χ2v) is 5.33. The monoisotopic (exact) mass is 364 g/mol. The van der Waals surface area contributed by atoms with Crippen molar-refractivity contribution in [2.45, 2.75) is 19.4 Å². The van der Waals surface area contributed by atoms with Crippen LogP contribution in [0.3, 0.4) is 0 Å². The largest absolute Gasteiger partial charge is 0.506 e. The number of phenolic OH excluding ortho intramolecular Hbond substituents is 1. The summed E-state index contributed by atoms with van der Waals surface area (Å²) in [7, 11) is 0. The Labute approximate surface area is 117 Å². The van der Waals surface area contributed by atoms with Crippen LogP contribution in [0.2, 0.25) is 0 Å². The van der Waals surface area contributed by atoms with Gasteiger partial charge in [0.1, 0.15) is 5.75 Å². The third-order valence-electron chi connectivity index (χ3n) is 2.36. The predicted octanol–water partition coefficient (Wildman–Crippen LogP) is 2.44. The van der Waals surface area contributed by atoms with Crippen LogP contribution in [0, 0.1) is 0 Å². The number of rotatable bonds is 4. The SMILES string of the molecule is CC[C@H](NC(=O)CN)c1cc(Br)cc(Br)c1O. The number of amides is 1. The molecule has 0 unspecified atom stereocenters. The van der Waals surface area contributed by atoms with Crippen molar-refractivity contribution < 1.29 is 9.90 Å². The smallest absolute Gasteiger partial charge is 0.234 e. The molecule has 0 spiro atoms. The van der Waals surface area contributed by atoms with Crippen molar-refractivity contribution in [2.24, 2.45) is 5.73 Å². The number of hydrogen-bond acceptors (Lipinski definition) is 3. The lowest BCUT2D eigenvalue weighted by Crippen LogP contribution is -2.33. The van der Waals surface area contributed by atoms with E-state index in [-0.39, 0.29) is 24.2 Å². The summed E-state index contributed by atoms with van der Waals surface area (Å²) in [5, 5.41) is 12.7. The van der Waals surface area contributed by atoms with Gasteiger partial charge in [0, 0.05) is 10.0 Å². The van der Waals surface area contributed by atoms with Crippen molar-refractivity contribution in [1.29, 1.82) is 0 Å². The van der Waals surface area contributed by atoms with Gasteiger partial charge < -0.3 is 16.2 Å². The summed E-state index contributed by atoms with van der Waals surface area (Å²) in [6.07, 6.45) is 0.669. The number of nitrogens with one attached hydrogen (secondary N) is 1. The van der Waals surface area contributed by atoms with Gasteiger partial charge >= 0.3 is 0 Å². The van der Waals surface area contributed by atoms with Gasteiger partial charge in [-0.05, 0) is 34.5 Å². The first-order valence-corrected chi connectivity index (χ1v) is 6.75. The topological polar surface area (TPSA) is 75.4 Å². The molecule has 0 fully saturated rings. The average molecular weight is 366 g/mol. The van der Waals surface area contributed by atoms with E-state index >= 15 is 0 Å². The fourth-order valence-electron chi connectivity index (χ4n) is 1.50. The lowest BCUT2D eigenvalue weighted by molar-refractivity contribution is -0.120. The summed E-state index contributed by atoms with van der Waals surface area (Å²) < 4.78 is 1.42. The van der Waals surface area contributed by atoms with E-state index in [1.54, 1.807) is 12.1 Å². The maximum atomic E-state index is 11.3. The van der Waals surface area contributed by atoms with Gasteiger partial charge in [-0.25, -0.2) is 0 Å². The fraction of sp³-hybridized carbons (Fsp3) is 0.364. The Kier molecular flexibility index (Phi) is 5.42. The minimum Gasteiger partial charge on any atom is -0.506 e. The second-order valence-electron chi connectivity index (χ2n) is 3.56.